The van der Waals surface area contributed by atoms with Crippen LogP contribution in [0.1, 0.15) is 8.35 Å². The molecule has 6 nitrogen and oxygen atoms in total. The van der Waals surface area contributed by atoms with E-state index in [9.17, 15) is 9.18 Å². The second kappa shape index (κ2) is 6.36. The topological polar surface area (TPSA) is 83.6 Å². The van der Waals surface area contributed by atoms with E-state index in [1.54, 1.807) is 36.8 Å². The Hall–Kier alpha value is -3.61. The fourth-order valence-corrected chi connectivity index (χ4v) is 2.86. The number of rotatable bonds is 3. The van der Waals surface area contributed by atoms with Crippen LogP contribution in [0.15, 0.2) is 55.0 Å². The average Bonchev–Trinajstić information content (AvgIpc) is 3.02. The number of carbonyl (C=O) groups is 1. The SMILES string of the molecule is CC(=O)Nc1cc(-c2[nH]c3nccnc3c2-c2ccc(F)cc2)ccn1.[HH]. The van der Waals surface area contributed by atoms with E-state index in [1.165, 1.54) is 19.1 Å². The Kier molecular flexibility index (Phi) is 3.89. The summed E-state index contributed by atoms with van der Waals surface area (Å²) in [4.78, 5) is 27.5. The van der Waals surface area contributed by atoms with Gasteiger partial charge in [0.25, 0.3) is 0 Å². The standard InChI is InChI=1S/C19H14FN5O.H2/c1-11(26)24-15-10-13(6-7-21-15)17-16(12-2-4-14(20)5-3-12)18-19(25-17)23-9-8-22-18;/h2-10H,1H3,(H,23,25)(H,21,24,26);1H. The molecule has 7 heteroatoms. The molecule has 0 spiro atoms. The van der Waals surface area contributed by atoms with Gasteiger partial charge in [-0.05, 0) is 29.8 Å². The van der Waals surface area contributed by atoms with Crippen LogP contribution in [-0.2, 0) is 4.79 Å². The summed E-state index contributed by atoms with van der Waals surface area (Å²) < 4.78 is 13.4. The number of halogens is 1. The minimum atomic E-state index is -0.307. The molecule has 0 aliphatic rings. The average molecular weight is 349 g/mol. The van der Waals surface area contributed by atoms with Gasteiger partial charge in [-0.25, -0.2) is 14.4 Å². The van der Waals surface area contributed by atoms with Crippen molar-refractivity contribution in [1.82, 2.24) is 19.9 Å². The molecule has 0 bridgehead atoms. The predicted molar refractivity (Wildman–Crippen MR) is 98.9 cm³/mol. The monoisotopic (exact) mass is 349 g/mol. The Morgan fingerprint density at radius 2 is 1.81 bits per heavy atom. The van der Waals surface area contributed by atoms with Crippen molar-refractivity contribution in [1.29, 1.82) is 0 Å². The highest BCUT2D eigenvalue weighted by atomic mass is 19.1. The van der Waals surface area contributed by atoms with Gasteiger partial charge in [-0.3, -0.25) is 9.78 Å². The molecule has 3 heterocycles. The van der Waals surface area contributed by atoms with Gasteiger partial charge in [0.1, 0.15) is 17.2 Å². The van der Waals surface area contributed by atoms with Crippen LogP contribution in [-0.4, -0.2) is 25.8 Å². The third-order valence-electron chi connectivity index (χ3n) is 3.91. The number of nitrogens with one attached hydrogen (secondary N) is 2. The van der Waals surface area contributed by atoms with Crippen LogP contribution in [0.5, 0.6) is 0 Å². The van der Waals surface area contributed by atoms with Gasteiger partial charge in [0.05, 0.1) is 5.69 Å². The Labute approximate surface area is 149 Å². The number of hydrogen-bond donors (Lipinski definition) is 2. The van der Waals surface area contributed by atoms with Crippen LogP contribution in [0.4, 0.5) is 10.2 Å². The van der Waals surface area contributed by atoms with Crippen molar-refractivity contribution in [3.63, 3.8) is 0 Å². The molecule has 1 amide bonds. The van der Waals surface area contributed by atoms with Crippen LogP contribution in [0.25, 0.3) is 33.5 Å². The van der Waals surface area contributed by atoms with E-state index in [4.69, 9.17) is 0 Å². The molecule has 0 unspecified atom stereocenters. The molecule has 130 valence electrons. The maximum atomic E-state index is 13.4. The lowest BCUT2D eigenvalue weighted by atomic mass is 10.0. The molecule has 2 N–H and O–H groups in total. The third kappa shape index (κ3) is 2.90. The second-order valence-electron chi connectivity index (χ2n) is 5.75. The molecule has 0 saturated carbocycles. The normalized spacial score (nSPS) is 10.8. The number of hydrogen-bond acceptors (Lipinski definition) is 4. The minimum absolute atomic E-state index is 0. The van der Waals surface area contributed by atoms with Crippen molar-refractivity contribution in [3.8, 4) is 22.4 Å². The maximum absolute atomic E-state index is 13.4. The van der Waals surface area contributed by atoms with Gasteiger partial charge < -0.3 is 10.3 Å². The molecule has 0 radical (unpaired) electrons. The Bertz CT molecular complexity index is 1110. The number of nitrogens with zero attached hydrogens (tertiary/aromatic N) is 3. The second-order valence-corrected chi connectivity index (χ2v) is 5.75. The van der Waals surface area contributed by atoms with Gasteiger partial charge >= 0.3 is 0 Å². The molecule has 4 rings (SSSR count). The van der Waals surface area contributed by atoms with Crippen LogP contribution in [0.2, 0.25) is 0 Å². The number of pyridine rings is 1. The van der Waals surface area contributed by atoms with Crippen molar-refractivity contribution in [2.24, 2.45) is 0 Å². The summed E-state index contributed by atoms with van der Waals surface area (Å²) in [6.07, 6.45) is 4.83. The van der Waals surface area contributed by atoms with Crippen LogP contribution < -0.4 is 5.32 Å². The smallest absolute Gasteiger partial charge is 0.222 e. The lowest BCUT2D eigenvalue weighted by Gasteiger charge is -2.07. The van der Waals surface area contributed by atoms with Gasteiger partial charge in [-0.2, -0.15) is 0 Å². The van der Waals surface area contributed by atoms with E-state index in [-0.39, 0.29) is 13.2 Å². The lowest BCUT2D eigenvalue weighted by molar-refractivity contribution is -0.114. The molecule has 26 heavy (non-hydrogen) atoms. The summed E-state index contributed by atoms with van der Waals surface area (Å²) >= 11 is 0. The van der Waals surface area contributed by atoms with Crippen molar-refractivity contribution in [2.45, 2.75) is 6.92 Å². The zero-order chi connectivity index (χ0) is 18.1. The van der Waals surface area contributed by atoms with Gasteiger partial charge in [0.15, 0.2) is 5.65 Å². The summed E-state index contributed by atoms with van der Waals surface area (Å²) in [5.41, 5.74) is 4.51. The number of fused-ring (bicyclic) bond motifs is 1. The molecule has 0 fully saturated rings. The molecular weight excluding hydrogens is 333 g/mol. The van der Waals surface area contributed by atoms with Crippen molar-refractivity contribution < 1.29 is 10.6 Å². The molecule has 0 aliphatic heterocycles. The Balaban J connectivity index is 0.00000210. The van der Waals surface area contributed by atoms with E-state index in [0.717, 1.165) is 22.4 Å². The lowest BCUT2D eigenvalue weighted by Crippen LogP contribution is -2.07. The summed E-state index contributed by atoms with van der Waals surface area (Å²) in [6.45, 7) is 1.43. The quantitative estimate of drug-likeness (QED) is 0.585. The minimum Gasteiger partial charge on any atom is -0.337 e. The zero-order valence-corrected chi connectivity index (χ0v) is 13.8. The Morgan fingerprint density at radius 3 is 2.58 bits per heavy atom. The van der Waals surface area contributed by atoms with Crippen molar-refractivity contribution in [2.75, 3.05) is 5.32 Å². The number of H-pyrrole nitrogens is 1. The number of aromatic nitrogens is 4. The first-order valence-electron chi connectivity index (χ1n) is 7.94. The molecule has 0 saturated heterocycles. The highest BCUT2D eigenvalue weighted by Gasteiger charge is 2.17. The molecule has 0 atom stereocenters. The largest absolute Gasteiger partial charge is 0.337 e. The summed E-state index contributed by atoms with van der Waals surface area (Å²) in [7, 11) is 0. The summed E-state index contributed by atoms with van der Waals surface area (Å²) in [5, 5.41) is 2.67. The van der Waals surface area contributed by atoms with E-state index in [2.05, 4.69) is 25.3 Å². The maximum Gasteiger partial charge on any atom is 0.222 e. The van der Waals surface area contributed by atoms with Crippen molar-refractivity contribution >= 4 is 22.9 Å². The predicted octanol–water partition coefficient (Wildman–Crippen LogP) is 4.03. The number of carbonyl (C=O) groups excluding carboxylic acids is 1. The molecule has 1 aromatic carbocycles. The zero-order valence-electron chi connectivity index (χ0n) is 13.8. The Morgan fingerprint density at radius 1 is 1.04 bits per heavy atom. The molecule has 3 aromatic heterocycles. The van der Waals surface area contributed by atoms with Crippen LogP contribution in [0, 0.1) is 5.82 Å². The first-order chi connectivity index (χ1) is 12.6. The first kappa shape index (κ1) is 15.9. The molecule has 0 aliphatic carbocycles. The molecule has 4 aromatic rings. The van der Waals surface area contributed by atoms with E-state index < -0.39 is 0 Å². The molecular formula is C19H16FN5O. The van der Waals surface area contributed by atoms with Crippen molar-refractivity contribution in [3.05, 3.63) is 60.8 Å². The van der Waals surface area contributed by atoms with Gasteiger partial charge in [0.2, 0.25) is 5.91 Å². The highest BCUT2D eigenvalue weighted by Crippen LogP contribution is 2.37. The third-order valence-corrected chi connectivity index (χ3v) is 3.91. The number of amides is 1. The number of anilines is 1. The first-order valence-corrected chi connectivity index (χ1v) is 7.94. The summed E-state index contributed by atoms with van der Waals surface area (Å²) in [5.74, 6) is -0.0638. The number of benzene rings is 1. The fraction of sp³-hybridized carbons (Fsp3) is 0.0526. The van der Waals surface area contributed by atoms with Crippen LogP contribution in [0.3, 0.4) is 0 Å². The van der Waals surface area contributed by atoms with Crippen LogP contribution >= 0.6 is 0 Å². The van der Waals surface area contributed by atoms with E-state index >= 15 is 0 Å². The van der Waals surface area contributed by atoms with E-state index in [1.807, 2.05) is 6.07 Å². The van der Waals surface area contributed by atoms with Gasteiger partial charge in [0, 0.05) is 38.1 Å². The highest BCUT2D eigenvalue weighted by molar-refractivity contribution is 6.00. The van der Waals surface area contributed by atoms with Gasteiger partial charge in [-0.1, -0.05) is 12.1 Å². The van der Waals surface area contributed by atoms with Gasteiger partial charge in [-0.15, -0.1) is 0 Å². The number of aromatic amines is 1. The fourth-order valence-electron chi connectivity index (χ4n) is 2.86. The summed E-state index contributed by atoms with van der Waals surface area (Å²) in [6, 6.07) is 9.80. The van der Waals surface area contributed by atoms with E-state index in [0.29, 0.717) is 17.0 Å².